The molecule has 0 radical (unpaired) electrons. The maximum Gasteiger partial charge on any atom is 0.255 e. The Morgan fingerprint density at radius 1 is 1.57 bits per heavy atom. The first-order valence-electron chi connectivity index (χ1n) is 3.91. The van der Waals surface area contributed by atoms with Crippen LogP contribution in [0.3, 0.4) is 0 Å². The van der Waals surface area contributed by atoms with Gasteiger partial charge in [0.25, 0.3) is 5.91 Å². The number of carbonyl (C=O) groups is 1. The fourth-order valence-corrected chi connectivity index (χ4v) is 0.902. The number of amides is 1. The van der Waals surface area contributed by atoms with E-state index in [4.69, 9.17) is 15.2 Å². The lowest BCUT2D eigenvalue weighted by atomic mass is 10.3. The van der Waals surface area contributed by atoms with E-state index in [1.54, 1.807) is 0 Å². The van der Waals surface area contributed by atoms with E-state index >= 15 is 0 Å². The minimum absolute atomic E-state index is 0.0129. The molecule has 0 aliphatic rings. The summed E-state index contributed by atoms with van der Waals surface area (Å²) in [6, 6.07) is 4.40. The molecule has 0 aliphatic carbocycles. The lowest BCUT2D eigenvalue weighted by Crippen LogP contribution is -2.19. The predicted octanol–water partition coefficient (Wildman–Crippen LogP) is 0.265. The van der Waals surface area contributed by atoms with Crippen molar-refractivity contribution in [3.05, 3.63) is 18.2 Å². The molecule has 1 rings (SSSR count). The molecule has 0 saturated carbocycles. The van der Waals surface area contributed by atoms with Crippen molar-refractivity contribution >= 4 is 5.91 Å². The van der Waals surface area contributed by atoms with Crippen molar-refractivity contribution in [1.29, 1.82) is 0 Å². The molecular weight excluding hydrogens is 186 g/mol. The molecule has 0 aliphatic heterocycles. The molecule has 5 nitrogen and oxygen atoms in total. The second-order valence-electron chi connectivity index (χ2n) is 2.59. The molecule has 0 fully saturated rings. The van der Waals surface area contributed by atoms with E-state index < -0.39 is 5.91 Å². The van der Waals surface area contributed by atoms with Crippen molar-refractivity contribution in [1.82, 2.24) is 0 Å². The molecular formula is C9H11NO4. The second kappa shape index (κ2) is 4.36. The van der Waals surface area contributed by atoms with Crippen LogP contribution in [0.4, 0.5) is 0 Å². The van der Waals surface area contributed by atoms with Crippen molar-refractivity contribution < 1.29 is 19.4 Å². The average molecular weight is 197 g/mol. The number of nitrogens with two attached hydrogens (primary N) is 1. The molecule has 0 heterocycles. The minimum Gasteiger partial charge on any atom is -0.504 e. The first kappa shape index (κ1) is 10.2. The summed E-state index contributed by atoms with van der Waals surface area (Å²) in [6.07, 6.45) is 0. The molecule has 76 valence electrons. The second-order valence-corrected chi connectivity index (χ2v) is 2.59. The number of hydrogen-bond donors (Lipinski definition) is 2. The summed E-state index contributed by atoms with van der Waals surface area (Å²) in [5, 5.41) is 9.24. The van der Waals surface area contributed by atoms with Crippen LogP contribution in [0.2, 0.25) is 0 Å². The zero-order valence-corrected chi connectivity index (χ0v) is 7.69. The van der Waals surface area contributed by atoms with Gasteiger partial charge in [-0.2, -0.15) is 0 Å². The van der Waals surface area contributed by atoms with Gasteiger partial charge in [0.2, 0.25) is 0 Å². The number of ether oxygens (including phenoxy) is 2. The van der Waals surface area contributed by atoms with Crippen LogP contribution in [-0.4, -0.2) is 24.7 Å². The number of benzene rings is 1. The monoisotopic (exact) mass is 197 g/mol. The van der Waals surface area contributed by atoms with Crippen LogP contribution in [0.1, 0.15) is 0 Å². The Morgan fingerprint density at radius 3 is 2.86 bits per heavy atom. The average Bonchev–Trinajstić information content (AvgIpc) is 2.16. The number of phenolic OH excluding ortho intramolecular Hbond substituents is 1. The Morgan fingerprint density at radius 2 is 2.29 bits per heavy atom. The maximum absolute atomic E-state index is 10.4. The molecule has 5 heteroatoms. The maximum atomic E-state index is 10.4. The number of hydrogen-bond acceptors (Lipinski definition) is 4. The van der Waals surface area contributed by atoms with Gasteiger partial charge in [0.1, 0.15) is 5.75 Å². The van der Waals surface area contributed by atoms with E-state index in [1.165, 1.54) is 25.3 Å². The third-order valence-corrected chi connectivity index (χ3v) is 1.53. The first-order chi connectivity index (χ1) is 6.63. The van der Waals surface area contributed by atoms with Gasteiger partial charge in [-0.05, 0) is 12.1 Å². The van der Waals surface area contributed by atoms with Gasteiger partial charge < -0.3 is 20.3 Å². The van der Waals surface area contributed by atoms with Crippen LogP contribution in [0, 0.1) is 0 Å². The Bertz CT molecular complexity index is 338. The van der Waals surface area contributed by atoms with Crippen molar-refractivity contribution in [3.8, 4) is 17.2 Å². The van der Waals surface area contributed by atoms with Crippen molar-refractivity contribution in [3.63, 3.8) is 0 Å². The predicted molar refractivity (Wildman–Crippen MR) is 49.3 cm³/mol. The van der Waals surface area contributed by atoms with E-state index in [0.29, 0.717) is 5.75 Å². The van der Waals surface area contributed by atoms with E-state index in [1.807, 2.05) is 0 Å². The summed E-state index contributed by atoms with van der Waals surface area (Å²) in [7, 11) is 1.42. The normalized spacial score (nSPS) is 9.50. The summed E-state index contributed by atoms with van der Waals surface area (Å²) in [6.45, 7) is -0.200. The van der Waals surface area contributed by atoms with Crippen molar-refractivity contribution in [2.24, 2.45) is 5.73 Å². The standard InChI is InChI=1S/C9H11NO4/c1-13-8-4-6(2-3-7(8)11)14-5-9(10)12/h2-4,11H,5H2,1H3,(H2,10,12). The van der Waals surface area contributed by atoms with Gasteiger partial charge in [-0.1, -0.05) is 0 Å². The molecule has 0 aromatic heterocycles. The van der Waals surface area contributed by atoms with Crippen LogP contribution < -0.4 is 15.2 Å². The molecule has 0 atom stereocenters. The van der Waals surface area contributed by atoms with Crippen LogP contribution >= 0.6 is 0 Å². The van der Waals surface area contributed by atoms with Crippen molar-refractivity contribution in [2.45, 2.75) is 0 Å². The Balaban J connectivity index is 2.74. The van der Waals surface area contributed by atoms with Gasteiger partial charge >= 0.3 is 0 Å². The number of carbonyl (C=O) groups excluding carboxylic acids is 1. The number of methoxy groups -OCH3 is 1. The number of phenols is 1. The largest absolute Gasteiger partial charge is 0.504 e. The van der Waals surface area contributed by atoms with Gasteiger partial charge in [0.05, 0.1) is 7.11 Å². The Hall–Kier alpha value is -1.91. The number of primary amides is 1. The van der Waals surface area contributed by atoms with Gasteiger partial charge in [-0.15, -0.1) is 0 Å². The summed E-state index contributed by atoms with van der Waals surface area (Å²) >= 11 is 0. The highest BCUT2D eigenvalue weighted by atomic mass is 16.5. The molecule has 0 unspecified atom stereocenters. The van der Waals surface area contributed by atoms with Gasteiger partial charge in [-0.25, -0.2) is 0 Å². The molecule has 1 aromatic rings. The number of aromatic hydroxyl groups is 1. The smallest absolute Gasteiger partial charge is 0.255 e. The Labute approximate surface area is 81.0 Å². The zero-order valence-electron chi connectivity index (χ0n) is 7.69. The highest BCUT2D eigenvalue weighted by molar-refractivity contribution is 5.75. The first-order valence-corrected chi connectivity index (χ1v) is 3.91. The Kier molecular flexibility index (Phi) is 3.17. The van der Waals surface area contributed by atoms with E-state index in [-0.39, 0.29) is 18.1 Å². The molecule has 0 saturated heterocycles. The van der Waals surface area contributed by atoms with Gasteiger partial charge in [-0.3, -0.25) is 4.79 Å². The zero-order chi connectivity index (χ0) is 10.6. The molecule has 3 N–H and O–H groups in total. The molecule has 1 aromatic carbocycles. The van der Waals surface area contributed by atoms with E-state index in [0.717, 1.165) is 0 Å². The van der Waals surface area contributed by atoms with Crippen LogP contribution in [0.15, 0.2) is 18.2 Å². The van der Waals surface area contributed by atoms with Gasteiger partial charge in [0.15, 0.2) is 18.1 Å². The van der Waals surface area contributed by atoms with Gasteiger partial charge in [0, 0.05) is 6.07 Å². The van der Waals surface area contributed by atoms with Crippen LogP contribution in [0.5, 0.6) is 17.2 Å². The number of rotatable bonds is 4. The quantitative estimate of drug-likeness (QED) is 0.725. The third-order valence-electron chi connectivity index (χ3n) is 1.53. The summed E-state index contributed by atoms with van der Waals surface area (Å²) in [4.78, 5) is 10.4. The molecule has 0 spiro atoms. The lowest BCUT2D eigenvalue weighted by Gasteiger charge is -2.07. The van der Waals surface area contributed by atoms with Crippen LogP contribution in [-0.2, 0) is 4.79 Å². The molecule has 1 amide bonds. The summed E-state index contributed by atoms with van der Waals surface area (Å²) < 4.78 is 9.85. The fourth-order valence-electron chi connectivity index (χ4n) is 0.902. The summed E-state index contributed by atoms with van der Waals surface area (Å²) in [5.74, 6) is 0.154. The van der Waals surface area contributed by atoms with Crippen LogP contribution in [0.25, 0.3) is 0 Å². The minimum atomic E-state index is -0.558. The molecule has 0 bridgehead atoms. The SMILES string of the molecule is COc1cc(OCC(N)=O)ccc1O. The van der Waals surface area contributed by atoms with E-state index in [2.05, 4.69) is 0 Å². The molecule has 14 heavy (non-hydrogen) atoms. The topological polar surface area (TPSA) is 81.8 Å². The third kappa shape index (κ3) is 2.55. The highest BCUT2D eigenvalue weighted by Crippen LogP contribution is 2.29. The highest BCUT2D eigenvalue weighted by Gasteiger charge is 2.03. The summed E-state index contributed by atoms with van der Waals surface area (Å²) in [5.41, 5.74) is 4.90. The fraction of sp³-hybridized carbons (Fsp3) is 0.222. The van der Waals surface area contributed by atoms with Crippen molar-refractivity contribution in [2.75, 3.05) is 13.7 Å². The lowest BCUT2D eigenvalue weighted by molar-refractivity contribution is -0.119. The van der Waals surface area contributed by atoms with E-state index in [9.17, 15) is 9.90 Å².